The molecule has 1 aliphatic carbocycles. The van der Waals surface area contributed by atoms with Gasteiger partial charge in [0.05, 0.1) is 5.41 Å². The molecule has 2 N–H and O–H groups in total. The van der Waals surface area contributed by atoms with Crippen LogP contribution in [0.15, 0.2) is 30.3 Å². The van der Waals surface area contributed by atoms with Gasteiger partial charge in [0.1, 0.15) is 0 Å². The Labute approximate surface area is 128 Å². The van der Waals surface area contributed by atoms with Crippen LogP contribution in [0.2, 0.25) is 0 Å². The van der Waals surface area contributed by atoms with Crippen molar-refractivity contribution in [3.63, 3.8) is 0 Å². The van der Waals surface area contributed by atoms with Gasteiger partial charge >= 0.3 is 0 Å². The van der Waals surface area contributed by atoms with Crippen molar-refractivity contribution >= 4 is 5.91 Å². The minimum Gasteiger partial charge on any atom is -0.359 e. The fourth-order valence-electron chi connectivity index (χ4n) is 3.28. The van der Waals surface area contributed by atoms with Gasteiger partial charge in [0, 0.05) is 19.6 Å². The monoisotopic (exact) mass is 288 g/mol. The molecule has 1 aromatic carbocycles. The van der Waals surface area contributed by atoms with Crippen molar-refractivity contribution in [3.8, 4) is 0 Å². The lowest BCUT2D eigenvalue weighted by Gasteiger charge is -2.35. The Morgan fingerprint density at radius 1 is 1.19 bits per heavy atom. The summed E-state index contributed by atoms with van der Waals surface area (Å²) >= 11 is 0. The minimum atomic E-state index is -0.368. The highest BCUT2D eigenvalue weighted by Gasteiger charge is 2.31. The largest absolute Gasteiger partial charge is 0.359 e. The summed E-state index contributed by atoms with van der Waals surface area (Å²) in [6, 6.07) is 11.3. The first-order valence-corrected chi connectivity index (χ1v) is 8.05. The van der Waals surface area contributed by atoms with Crippen LogP contribution in [0.25, 0.3) is 0 Å². The zero-order valence-electron chi connectivity index (χ0n) is 13.5. The molecule has 0 heterocycles. The van der Waals surface area contributed by atoms with Gasteiger partial charge in [-0.05, 0) is 38.2 Å². The van der Waals surface area contributed by atoms with Gasteiger partial charge in [-0.3, -0.25) is 4.79 Å². The number of hydrogen-bond donors (Lipinski definition) is 2. The van der Waals surface area contributed by atoms with E-state index in [1.165, 1.54) is 31.2 Å². The van der Waals surface area contributed by atoms with Crippen molar-refractivity contribution in [2.24, 2.45) is 5.41 Å². The highest BCUT2D eigenvalue weighted by molar-refractivity contribution is 5.81. The smallest absolute Gasteiger partial charge is 0.226 e. The summed E-state index contributed by atoms with van der Waals surface area (Å²) in [6.07, 6.45) is 5.02. The Balaban J connectivity index is 2.01. The molecule has 21 heavy (non-hydrogen) atoms. The Hall–Kier alpha value is -1.35. The summed E-state index contributed by atoms with van der Waals surface area (Å²) in [6.45, 7) is 4.72. The third-order valence-electron chi connectivity index (χ3n) is 4.64. The Bertz CT molecular complexity index is 456. The first-order chi connectivity index (χ1) is 10.0. The molecule has 0 radical (unpaired) electrons. The lowest BCUT2D eigenvalue weighted by Crippen LogP contribution is -2.47. The first-order valence-electron chi connectivity index (χ1n) is 8.05. The highest BCUT2D eigenvalue weighted by Crippen LogP contribution is 2.33. The molecule has 1 aromatic rings. The molecule has 0 aromatic heterocycles. The Morgan fingerprint density at radius 2 is 1.86 bits per heavy atom. The molecule has 3 heteroatoms. The zero-order valence-corrected chi connectivity index (χ0v) is 13.5. The molecule has 0 bridgehead atoms. The van der Waals surface area contributed by atoms with Gasteiger partial charge in [0.15, 0.2) is 0 Å². The van der Waals surface area contributed by atoms with E-state index < -0.39 is 0 Å². The lowest BCUT2D eigenvalue weighted by molar-refractivity contribution is -0.128. The fraction of sp³-hybridized carbons (Fsp3) is 0.611. The molecular weight excluding hydrogens is 260 g/mol. The number of amides is 1. The maximum atomic E-state index is 11.9. The Morgan fingerprint density at radius 3 is 2.52 bits per heavy atom. The number of carbonyl (C=O) groups excluding carboxylic acids is 1. The van der Waals surface area contributed by atoms with Crippen LogP contribution in [0.3, 0.4) is 0 Å². The van der Waals surface area contributed by atoms with E-state index in [0.29, 0.717) is 12.0 Å². The van der Waals surface area contributed by atoms with E-state index in [4.69, 9.17) is 0 Å². The van der Waals surface area contributed by atoms with Crippen LogP contribution < -0.4 is 10.6 Å². The van der Waals surface area contributed by atoms with Gasteiger partial charge in [-0.1, -0.05) is 43.2 Å². The number of hydrogen-bond acceptors (Lipinski definition) is 2. The summed E-state index contributed by atoms with van der Waals surface area (Å²) in [7, 11) is 1.71. The second-order valence-corrected chi connectivity index (χ2v) is 6.75. The van der Waals surface area contributed by atoms with Gasteiger partial charge in [0.2, 0.25) is 5.91 Å². The van der Waals surface area contributed by atoms with E-state index in [0.717, 1.165) is 6.54 Å². The summed E-state index contributed by atoms with van der Waals surface area (Å²) < 4.78 is 0. The lowest BCUT2D eigenvalue weighted by atomic mass is 9.79. The summed E-state index contributed by atoms with van der Waals surface area (Å²) in [5, 5.41) is 6.42. The average molecular weight is 288 g/mol. The van der Waals surface area contributed by atoms with E-state index in [2.05, 4.69) is 41.0 Å². The maximum Gasteiger partial charge on any atom is 0.226 e. The van der Waals surface area contributed by atoms with E-state index >= 15 is 0 Å². The van der Waals surface area contributed by atoms with E-state index in [1.807, 2.05) is 13.8 Å². The molecule has 0 spiro atoms. The second-order valence-electron chi connectivity index (χ2n) is 6.75. The summed E-state index contributed by atoms with van der Waals surface area (Å²) in [5.41, 5.74) is 1.06. The van der Waals surface area contributed by atoms with Crippen molar-refractivity contribution in [1.29, 1.82) is 0 Å². The topological polar surface area (TPSA) is 41.1 Å². The molecule has 2 rings (SSSR count). The maximum absolute atomic E-state index is 11.9. The third kappa shape index (κ3) is 4.07. The number of nitrogens with one attached hydrogen (secondary N) is 2. The molecule has 1 aliphatic rings. The molecular formula is C18H28N2O. The van der Waals surface area contributed by atoms with Crippen LogP contribution in [-0.4, -0.2) is 25.5 Å². The molecule has 1 amide bonds. The van der Waals surface area contributed by atoms with Crippen molar-refractivity contribution in [2.75, 3.05) is 13.6 Å². The van der Waals surface area contributed by atoms with Crippen LogP contribution in [-0.2, 0) is 4.79 Å². The normalized spacial score (nSPS) is 22.8. The van der Waals surface area contributed by atoms with Gasteiger partial charge in [-0.2, -0.15) is 0 Å². The quantitative estimate of drug-likeness (QED) is 0.874. The number of carbonyl (C=O) groups is 1. The van der Waals surface area contributed by atoms with Crippen molar-refractivity contribution in [1.82, 2.24) is 10.6 Å². The molecule has 116 valence electrons. The molecule has 0 saturated heterocycles. The van der Waals surface area contributed by atoms with E-state index in [1.54, 1.807) is 7.05 Å². The first kappa shape index (κ1) is 16.0. The predicted octanol–water partition coefficient (Wildman–Crippen LogP) is 3.07. The van der Waals surface area contributed by atoms with Crippen LogP contribution >= 0.6 is 0 Å². The molecule has 2 atom stereocenters. The SMILES string of the molecule is CNC(=O)C(C)(C)CNC1CCCCC1c1ccccc1. The van der Waals surface area contributed by atoms with Crippen LogP contribution in [0.5, 0.6) is 0 Å². The van der Waals surface area contributed by atoms with Crippen molar-refractivity contribution in [3.05, 3.63) is 35.9 Å². The van der Waals surface area contributed by atoms with Crippen molar-refractivity contribution in [2.45, 2.75) is 51.5 Å². The number of rotatable bonds is 5. The molecule has 1 fully saturated rings. The number of benzene rings is 1. The fourth-order valence-corrected chi connectivity index (χ4v) is 3.28. The second kappa shape index (κ2) is 7.08. The molecule has 2 unspecified atom stereocenters. The van der Waals surface area contributed by atoms with Crippen molar-refractivity contribution < 1.29 is 4.79 Å². The van der Waals surface area contributed by atoms with E-state index in [9.17, 15) is 4.79 Å². The predicted molar refractivity (Wildman–Crippen MR) is 87.3 cm³/mol. The van der Waals surface area contributed by atoms with Crippen LogP contribution in [0.4, 0.5) is 0 Å². The van der Waals surface area contributed by atoms with E-state index in [-0.39, 0.29) is 11.3 Å². The molecule has 0 aliphatic heterocycles. The summed E-state index contributed by atoms with van der Waals surface area (Å²) in [5.74, 6) is 0.669. The standard InChI is InChI=1S/C18H28N2O/c1-18(2,17(21)19-3)13-20-16-12-8-7-11-15(16)14-9-5-4-6-10-14/h4-6,9-10,15-16,20H,7-8,11-13H2,1-3H3,(H,19,21). The molecule has 1 saturated carbocycles. The zero-order chi connectivity index (χ0) is 15.3. The minimum absolute atomic E-state index is 0.0991. The van der Waals surface area contributed by atoms with Crippen LogP contribution in [0.1, 0.15) is 51.0 Å². The highest BCUT2D eigenvalue weighted by atomic mass is 16.2. The molecule has 3 nitrogen and oxygen atoms in total. The van der Waals surface area contributed by atoms with Gasteiger partial charge in [-0.25, -0.2) is 0 Å². The van der Waals surface area contributed by atoms with Gasteiger partial charge < -0.3 is 10.6 Å². The van der Waals surface area contributed by atoms with Crippen LogP contribution in [0, 0.1) is 5.41 Å². The van der Waals surface area contributed by atoms with Gasteiger partial charge in [-0.15, -0.1) is 0 Å². The average Bonchev–Trinajstić information content (AvgIpc) is 2.53. The summed E-state index contributed by atoms with van der Waals surface area (Å²) in [4.78, 5) is 11.9. The van der Waals surface area contributed by atoms with Gasteiger partial charge in [0.25, 0.3) is 0 Å². The Kier molecular flexibility index (Phi) is 5.40. The third-order valence-corrected chi connectivity index (χ3v) is 4.64.